The van der Waals surface area contributed by atoms with Crippen molar-refractivity contribution in [1.29, 1.82) is 0 Å². The second kappa shape index (κ2) is 10.9. The largest absolute Gasteiger partial charge is 0.384 e. The van der Waals surface area contributed by atoms with Gasteiger partial charge in [-0.05, 0) is 36.5 Å². The van der Waals surface area contributed by atoms with Crippen LogP contribution in [-0.4, -0.2) is 75.7 Å². The standard InChI is InChI=1S/C26H32N6O4S/c33-23(27-12-10-18-6-8-20(9-7-18)25-29-13-14-30-25)17-21-26(34)31-15-16-32(21)37(35,36)22-5-1-3-19-4-2-11-28-24(19)22/h1,3,5-9,21,28H,2,4,10-17H2,(H,27,33)(H,29,30)(H,31,34). The number of carbonyl (C=O) groups excluding carboxylic acids is 2. The highest BCUT2D eigenvalue weighted by molar-refractivity contribution is 7.89. The maximum Gasteiger partial charge on any atom is 0.245 e. The molecule has 3 heterocycles. The Hall–Kier alpha value is -3.44. The van der Waals surface area contributed by atoms with E-state index in [1.165, 1.54) is 4.31 Å². The summed E-state index contributed by atoms with van der Waals surface area (Å²) in [6.07, 6.45) is 2.11. The summed E-state index contributed by atoms with van der Waals surface area (Å²) in [4.78, 5) is 30.1. The summed E-state index contributed by atoms with van der Waals surface area (Å²) in [5, 5.41) is 12.0. The highest BCUT2D eigenvalue weighted by Gasteiger charge is 2.40. The molecule has 0 saturated carbocycles. The van der Waals surface area contributed by atoms with Crippen LogP contribution in [0.4, 0.5) is 5.69 Å². The van der Waals surface area contributed by atoms with E-state index in [-0.39, 0.29) is 30.3 Å². The molecule has 5 rings (SSSR count). The van der Waals surface area contributed by atoms with Gasteiger partial charge in [0.2, 0.25) is 21.8 Å². The molecule has 0 aliphatic carbocycles. The van der Waals surface area contributed by atoms with Gasteiger partial charge < -0.3 is 21.3 Å². The Bertz CT molecular complexity index is 1310. The van der Waals surface area contributed by atoms with Crippen molar-refractivity contribution >= 4 is 33.4 Å². The van der Waals surface area contributed by atoms with Crippen molar-refractivity contribution in [2.45, 2.75) is 36.6 Å². The van der Waals surface area contributed by atoms with E-state index in [1.807, 2.05) is 30.3 Å². The summed E-state index contributed by atoms with van der Waals surface area (Å²) in [6, 6.07) is 12.1. The van der Waals surface area contributed by atoms with Crippen molar-refractivity contribution in [1.82, 2.24) is 20.3 Å². The minimum Gasteiger partial charge on any atom is -0.384 e. The van der Waals surface area contributed by atoms with Crippen LogP contribution in [0.5, 0.6) is 0 Å². The molecule has 3 aliphatic rings. The molecule has 10 nitrogen and oxygen atoms in total. The van der Waals surface area contributed by atoms with Gasteiger partial charge in [0.1, 0.15) is 16.8 Å². The Morgan fingerprint density at radius 1 is 1.05 bits per heavy atom. The third-order valence-corrected chi connectivity index (χ3v) is 8.87. The van der Waals surface area contributed by atoms with E-state index in [0.717, 1.165) is 48.5 Å². The Morgan fingerprint density at radius 3 is 2.68 bits per heavy atom. The van der Waals surface area contributed by atoms with Crippen LogP contribution in [-0.2, 0) is 32.5 Å². The Balaban J connectivity index is 1.22. The number of nitrogens with zero attached hydrogens (tertiary/aromatic N) is 2. The lowest BCUT2D eigenvalue weighted by molar-refractivity contribution is -0.131. The zero-order valence-corrected chi connectivity index (χ0v) is 21.4. The van der Waals surface area contributed by atoms with Crippen LogP contribution in [0.1, 0.15) is 29.5 Å². The van der Waals surface area contributed by atoms with Gasteiger partial charge in [-0.3, -0.25) is 14.6 Å². The van der Waals surface area contributed by atoms with E-state index in [0.29, 0.717) is 25.2 Å². The van der Waals surface area contributed by atoms with Crippen molar-refractivity contribution in [2.24, 2.45) is 4.99 Å². The van der Waals surface area contributed by atoms with Crippen molar-refractivity contribution < 1.29 is 18.0 Å². The first-order valence-corrected chi connectivity index (χ1v) is 14.2. The lowest BCUT2D eigenvalue weighted by atomic mass is 10.0. The first-order valence-electron chi connectivity index (χ1n) is 12.7. The lowest BCUT2D eigenvalue weighted by Gasteiger charge is -2.34. The number of hydrogen-bond acceptors (Lipinski definition) is 7. The topological polar surface area (TPSA) is 132 Å². The number of carbonyl (C=O) groups is 2. The molecule has 4 N–H and O–H groups in total. The SMILES string of the molecule is O=C(CC1C(=O)NCCN1S(=O)(=O)c1cccc2c1NCCC2)NCCc1ccc(C2=NCCN2)cc1. The number of benzene rings is 2. The smallest absolute Gasteiger partial charge is 0.245 e. The maximum absolute atomic E-state index is 13.7. The fraction of sp³-hybridized carbons (Fsp3) is 0.423. The average molecular weight is 525 g/mol. The van der Waals surface area contributed by atoms with Crippen LogP contribution in [0.25, 0.3) is 0 Å². The minimum absolute atomic E-state index is 0.113. The second-order valence-electron chi connectivity index (χ2n) is 9.40. The van der Waals surface area contributed by atoms with Gasteiger partial charge >= 0.3 is 0 Å². The molecule has 2 aromatic rings. The van der Waals surface area contributed by atoms with Crippen molar-refractivity contribution in [3.8, 4) is 0 Å². The number of amides is 2. The number of fused-ring (bicyclic) bond motifs is 1. The van der Waals surface area contributed by atoms with Gasteiger partial charge in [-0.15, -0.1) is 0 Å². The predicted octanol–water partition coefficient (Wildman–Crippen LogP) is 0.633. The van der Waals surface area contributed by atoms with E-state index >= 15 is 0 Å². The fourth-order valence-electron chi connectivity index (χ4n) is 5.01. The molecular formula is C26H32N6O4S. The molecule has 0 aromatic heterocycles. The van der Waals surface area contributed by atoms with Gasteiger partial charge in [0, 0.05) is 38.3 Å². The van der Waals surface area contributed by atoms with Gasteiger partial charge in [0.25, 0.3) is 0 Å². The Kier molecular flexibility index (Phi) is 7.43. The number of aryl methyl sites for hydroxylation is 1. The molecule has 0 radical (unpaired) electrons. The van der Waals surface area contributed by atoms with Crippen LogP contribution >= 0.6 is 0 Å². The molecule has 11 heteroatoms. The van der Waals surface area contributed by atoms with Gasteiger partial charge in [-0.25, -0.2) is 8.42 Å². The fourth-order valence-corrected chi connectivity index (χ4v) is 6.81. The van der Waals surface area contributed by atoms with Crippen molar-refractivity contribution in [3.05, 3.63) is 59.2 Å². The first kappa shape index (κ1) is 25.2. The number of para-hydroxylation sites is 1. The first-order chi connectivity index (χ1) is 17.9. The predicted molar refractivity (Wildman–Crippen MR) is 141 cm³/mol. The molecule has 37 heavy (non-hydrogen) atoms. The summed E-state index contributed by atoms with van der Waals surface area (Å²) < 4.78 is 28.5. The molecular weight excluding hydrogens is 492 g/mol. The summed E-state index contributed by atoms with van der Waals surface area (Å²) in [7, 11) is -3.99. The molecule has 1 atom stereocenters. The highest BCUT2D eigenvalue weighted by atomic mass is 32.2. The van der Waals surface area contributed by atoms with Crippen LogP contribution < -0.4 is 21.3 Å². The zero-order chi connectivity index (χ0) is 25.8. The van der Waals surface area contributed by atoms with Crippen LogP contribution in [0.2, 0.25) is 0 Å². The minimum atomic E-state index is -3.99. The number of nitrogens with one attached hydrogen (secondary N) is 4. The van der Waals surface area contributed by atoms with Gasteiger partial charge in [0.05, 0.1) is 18.7 Å². The number of piperazine rings is 1. The molecule has 1 saturated heterocycles. The second-order valence-corrected chi connectivity index (χ2v) is 11.3. The number of rotatable bonds is 8. The van der Waals surface area contributed by atoms with E-state index in [9.17, 15) is 18.0 Å². The van der Waals surface area contributed by atoms with E-state index in [4.69, 9.17) is 0 Å². The van der Waals surface area contributed by atoms with Crippen molar-refractivity contribution in [2.75, 3.05) is 44.6 Å². The monoisotopic (exact) mass is 524 g/mol. The van der Waals surface area contributed by atoms with Crippen LogP contribution in [0.15, 0.2) is 52.4 Å². The number of sulfonamides is 1. The van der Waals surface area contributed by atoms with Gasteiger partial charge in [0.15, 0.2) is 0 Å². The molecule has 196 valence electrons. The van der Waals surface area contributed by atoms with E-state index in [1.54, 1.807) is 12.1 Å². The highest BCUT2D eigenvalue weighted by Crippen LogP contribution is 2.32. The molecule has 3 aliphatic heterocycles. The zero-order valence-electron chi connectivity index (χ0n) is 20.6. The van der Waals surface area contributed by atoms with Gasteiger partial charge in [-0.1, -0.05) is 36.4 Å². The number of amidine groups is 1. The molecule has 0 bridgehead atoms. The Labute approximate surface area is 217 Å². The van der Waals surface area contributed by atoms with E-state index in [2.05, 4.69) is 26.3 Å². The number of anilines is 1. The quantitative estimate of drug-likeness (QED) is 0.401. The molecule has 2 amide bonds. The van der Waals surface area contributed by atoms with Gasteiger partial charge in [-0.2, -0.15) is 4.31 Å². The van der Waals surface area contributed by atoms with E-state index < -0.39 is 22.0 Å². The molecule has 2 aromatic carbocycles. The third-order valence-electron chi connectivity index (χ3n) is 6.92. The summed E-state index contributed by atoms with van der Waals surface area (Å²) in [5.41, 5.74) is 3.64. The average Bonchev–Trinajstić information content (AvgIpc) is 3.45. The Morgan fingerprint density at radius 2 is 1.89 bits per heavy atom. The molecule has 1 unspecified atom stereocenters. The number of aliphatic imine (C=N–C) groups is 1. The molecule has 1 fully saturated rings. The maximum atomic E-state index is 13.7. The normalized spacial score (nSPS) is 19.7. The summed E-state index contributed by atoms with van der Waals surface area (Å²) in [6.45, 7) is 3.03. The number of hydrogen-bond donors (Lipinski definition) is 4. The van der Waals surface area contributed by atoms with Crippen LogP contribution in [0, 0.1) is 0 Å². The molecule has 0 spiro atoms. The third kappa shape index (κ3) is 5.47. The summed E-state index contributed by atoms with van der Waals surface area (Å²) >= 11 is 0. The summed E-state index contributed by atoms with van der Waals surface area (Å²) in [5.74, 6) is 0.0790. The lowest BCUT2D eigenvalue weighted by Crippen LogP contribution is -2.58. The van der Waals surface area contributed by atoms with Crippen LogP contribution in [0.3, 0.4) is 0 Å². The van der Waals surface area contributed by atoms with Crippen molar-refractivity contribution in [3.63, 3.8) is 0 Å².